The van der Waals surface area contributed by atoms with Crippen molar-refractivity contribution in [3.05, 3.63) is 41.5 Å². The highest BCUT2D eigenvalue weighted by Crippen LogP contribution is 2.26. The number of hydrogen-bond donors (Lipinski definition) is 5. The van der Waals surface area contributed by atoms with Crippen LogP contribution >= 0.6 is 11.3 Å². The number of fused-ring (bicyclic) bond motifs is 1. The summed E-state index contributed by atoms with van der Waals surface area (Å²) < 4.78 is 15.0. The molecule has 1 amide bonds. The molecular formula is C22H30FN5O3S. The quantitative estimate of drug-likeness (QED) is 0.328. The zero-order valence-corrected chi connectivity index (χ0v) is 19.5. The number of nitrogens with one attached hydrogen (secondary N) is 3. The summed E-state index contributed by atoms with van der Waals surface area (Å²) in [6.07, 6.45) is -0.245. The van der Waals surface area contributed by atoms with Crippen molar-refractivity contribution in [1.82, 2.24) is 15.3 Å². The summed E-state index contributed by atoms with van der Waals surface area (Å²) in [5, 5.41) is 27.4. The number of aromatic nitrogens is 2. The number of alkyl halides is 1. The van der Waals surface area contributed by atoms with E-state index in [0.717, 1.165) is 15.9 Å². The standard InChI is InChI=1S/C20H24FN5O3S.C2H6/c1-20(2,29)17(21)10-24-19(28)13-9-23-18(8-15(13)22-5-6-27)26-12-3-4-14-16(7-12)30-11-25-14;1-2/h3-4,7-9,11,17,27,29H,5-6,10H2,1-2H3,(H,24,28)(H2,22,23,26);1-2H3/t17-;/m1./s1. The highest BCUT2D eigenvalue weighted by Gasteiger charge is 2.27. The Kier molecular flexibility index (Phi) is 9.30. The van der Waals surface area contributed by atoms with Gasteiger partial charge in [0.05, 0.1) is 45.7 Å². The molecule has 174 valence electrons. The molecule has 1 aromatic carbocycles. The van der Waals surface area contributed by atoms with E-state index in [1.165, 1.54) is 31.4 Å². The predicted molar refractivity (Wildman–Crippen MR) is 128 cm³/mol. The van der Waals surface area contributed by atoms with E-state index in [0.29, 0.717) is 11.5 Å². The average molecular weight is 464 g/mol. The maximum Gasteiger partial charge on any atom is 0.255 e. The van der Waals surface area contributed by atoms with E-state index >= 15 is 0 Å². The van der Waals surface area contributed by atoms with Crippen molar-refractivity contribution in [3.8, 4) is 0 Å². The van der Waals surface area contributed by atoms with E-state index in [1.807, 2.05) is 32.0 Å². The van der Waals surface area contributed by atoms with Gasteiger partial charge in [0.1, 0.15) is 12.0 Å². The van der Waals surface area contributed by atoms with Crippen molar-refractivity contribution in [2.24, 2.45) is 0 Å². The smallest absolute Gasteiger partial charge is 0.255 e. The van der Waals surface area contributed by atoms with E-state index in [-0.39, 0.29) is 25.3 Å². The number of carbonyl (C=O) groups excluding carboxylic acids is 1. The molecule has 2 aromatic heterocycles. The van der Waals surface area contributed by atoms with Gasteiger partial charge in [-0.1, -0.05) is 13.8 Å². The second kappa shape index (κ2) is 11.7. The van der Waals surface area contributed by atoms with Gasteiger partial charge in [0.25, 0.3) is 5.91 Å². The van der Waals surface area contributed by atoms with Crippen molar-refractivity contribution in [3.63, 3.8) is 0 Å². The predicted octanol–water partition coefficient (Wildman–Crippen LogP) is 3.70. The molecule has 0 aliphatic rings. The summed E-state index contributed by atoms with van der Waals surface area (Å²) >= 11 is 1.53. The van der Waals surface area contributed by atoms with Gasteiger partial charge in [-0.15, -0.1) is 11.3 Å². The fraction of sp³-hybridized carbons (Fsp3) is 0.409. The first-order valence-electron chi connectivity index (χ1n) is 10.4. The number of aliphatic hydroxyl groups excluding tert-OH is 1. The summed E-state index contributed by atoms with van der Waals surface area (Å²) in [6, 6.07) is 7.37. The molecule has 3 aromatic rings. The lowest BCUT2D eigenvalue weighted by Gasteiger charge is -2.22. The molecule has 8 nitrogen and oxygen atoms in total. The van der Waals surface area contributed by atoms with Crippen LogP contribution in [-0.4, -0.2) is 57.6 Å². The largest absolute Gasteiger partial charge is 0.395 e. The summed E-state index contributed by atoms with van der Waals surface area (Å²) in [5.41, 5.74) is 2.59. The van der Waals surface area contributed by atoms with E-state index in [4.69, 9.17) is 5.11 Å². The Morgan fingerprint density at radius 2 is 2.00 bits per heavy atom. The van der Waals surface area contributed by atoms with Gasteiger partial charge >= 0.3 is 0 Å². The topological polar surface area (TPSA) is 119 Å². The minimum absolute atomic E-state index is 0.126. The highest BCUT2D eigenvalue weighted by atomic mass is 32.1. The van der Waals surface area contributed by atoms with Gasteiger partial charge in [0.2, 0.25) is 0 Å². The van der Waals surface area contributed by atoms with Crippen molar-refractivity contribution in [1.29, 1.82) is 0 Å². The minimum atomic E-state index is -1.62. The van der Waals surface area contributed by atoms with Gasteiger partial charge < -0.3 is 26.2 Å². The second-order valence-corrected chi connectivity index (χ2v) is 8.14. The Balaban J connectivity index is 0.00000176. The number of amides is 1. The van der Waals surface area contributed by atoms with E-state index in [2.05, 4.69) is 25.9 Å². The maximum atomic E-state index is 13.9. The van der Waals surface area contributed by atoms with Crippen LogP contribution in [0.1, 0.15) is 38.1 Å². The molecule has 5 N–H and O–H groups in total. The van der Waals surface area contributed by atoms with Gasteiger partial charge in [-0.25, -0.2) is 14.4 Å². The Hall–Kier alpha value is -2.82. The zero-order chi connectivity index (χ0) is 23.7. The lowest BCUT2D eigenvalue weighted by atomic mass is 10.0. The fourth-order valence-electron chi connectivity index (χ4n) is 2.65. The third kappa shape index (κ3) is 6.84. The molecule has 0 aliphatic heterocycles. The molecule has 0 fully saturated rings. The average Bonchev–Trinajstić information content (AvgIpc) is 3.24. The molecule has 0 aliphatic carbocycles. The third-order valence-electron chi connectivity index (χ3n) is 4.39. The number of carbonyl (C=O) groups is 1. The number of aliphatic hydroxyl groups is 2. The third-order valence-corrected chi connectivity index (χ3v) is 5.18. The summed E-state index contributed by atoms with van der Waals surface area (Å²) in [6.45, 7) is 6.44. The first kappa shape index (κ1) is 25.4. The Bertz CT molecular complexity index is 1020. The monoisotopic (exact) mass is 463 g/mol. The summed E-state index contributed by atoms with van der Waals surface area (Å²) in [7, 11) is 0. The van der Waals surface area contributed by atoms with Crippen LogP contribution < -0.4 is 16.0 Å². The van der Waals surface area contributed by atoms with E-state index in [9.17, 15) is 14.3 Å². The molecule has 32 heavy (non-hydrogen) atoms. The van der Waals surface area contributed by atoms with Gasteiger partial charge in [0, 0.05) is 24.5 Å². The van der Waals surface area contributed by atoms with Crippen LogP contribution in [0.25, 0.3) is 10.2 Å². The van der Waals surface area contributed by atoms with Gasteiger partial charge in [-0.3, -0.25) is 4.79 Å². The molecule has 0 unspecified atom stereocenters. The molecule has 2 heterocycles. The van der Waals surface area contributed by atoms with Crippen molar-refractivity contribution in [2.45, 2.75) is 39.5 Å². The molecule has 1 atom stereocenters. The number of thiazole rings is 1. The molecule has 0 spiro atoms. The Labute approximate surface area is 190 Å². The second-order valence-electron chi connectivity index (χ2n) is 7.26. The van der Waals surface area contributed by atoms with Crippen LogP contribution in [0.4, 0.5) is 21.6 Å². The summed E-state index contributed by atoms with van der Waals surface area (Å²) in [4.78, 5) is 21.0. The molecule has 0 saturated heterocycles. The molecule has 10 heteroatoms. The first-order valence-corrected chi connectivity index (χ1v) is 11.3. The van der Waals surface area contributed by atoms with Crippen LogP contribution in [0.15, 0.2) is 36.0 Å². The Morgan fingerprint density at radius 1 is 1.25 bits per heavy atom. The number of anilines is 3. The fourth-order valence-corrected chi connectivity index (χ4v) is 3.37. The van der Waals surface area contributed by atoms with Crippen molar-refractivity contribution < 1.29 is 19.4 Å². The lowest BCUT2D eigenvalue weighted by molar-refractivity contribution is -0.00177. The molecular weight excluding hydrogens is 433 g/mol. The van der Waals surface area contributed by atoms with Crippen LogP contribution in [0.3, 0.4) is 0 Å². The van der Waals surface area contributed by atoms with Crippen LogP contribution in [0.5, 0.6) is 0 Å². The minimum Gasteiger partial charge on any atom is -0.395 e. The number of halogens is 1. The number of hydrogen-bond acceptors (Lipinski definition) is 8. The summed E-state index contributed by atoms with van der Waals surface area (Å²) in [5.74, 6) is -0.0387. The maximum absolute atomic E-state index is 13.9. The zero-order valence-electron chi connectivity index (χ0n) is 18.6. The van der Waals surface area contributed by atoms with Gasteiger partial charge in [0.15, 0.2) is 0 Å². The van der Waals surface area contributed by atoms with Crippen LogP contribution in [-0.2, 0) is 0 Å². The number of nitrogens with zero attached hydrogens (tertiary/aromatic N) is 2. The van der Waals surface area contributed by atoms with Gasteiger partial charge in [-0.05, 0) is 32.0 Å². The number of benzene rings is 1. The van der Waals surface area contributed by atoms with Crippen molar-refractivity contribution in [2.75, 3.05) is 30.3 Å². The molecule has 0 radical (unpaired) electrons. The molecule has 0 bridgehead atoms. The number of pyridine rings is 1. The van der Waals surface area contributed by atoms with Crippen LogP contribution in [0.2, 0.25) is 0 Å². The van der Waals surface area contributed by atoms with Gasteiger partial charge in [-0.2, -0.15) is 0 Å². The molecule has 3 rings (SSSR count). The van der Waals surface area contributed by atoms with Crippen molar-refractivity contribution >= 4 is 44.7 Å². The normalized spacial score (nSPS) is 12.0. The van der Waals surface area contributed by atoms with E-state index < -0.39 is 17.7 Å². The first-order chi connectivity index (χ1) is 15.3. The van der Waals surface area contributed by atoms with E-state index in [1.54, 1.807) is 11.6 Å². The number of rotatable bonds is 9. The Morgan fingerprint density at radius 3 is 2.69 bits per heavy atom. The lowest BCUT2D eigenvalue weighted by Crippen LogP contribution is -2.42. The highest BCUT2D eigenvalue weighted by molar-refractivity contribution is 7.16. The SMILES string of the molecule is CC.CC(C)(O)[C@H](F)CNC(=O)c1cnc(Nc2ccc3ncsc3c2)cc1NCCO. The molecule has 0 saturated carbocycles. The van der Waals surface area contributed by atoms with Crippen LogP contribution in [0, 0.1) is 0 Å².